The molecule has 0 aliphatic rings. The van der Waals surface area contributed by atoms with Crippen molar-refractivity contribution in [2.45, 2.75) is 20.8 Å². The number of nitrogens with zero attached hydrogens (tertiary/aromatic N) is 1. The fourth-order valence-electron chi connectivity index (χ4n) is 1.77. The average molecular weight is 315 g/mol. The molecule has 0 aliphatic heterocycles. The largest absolute Gasteiger partial charge is 0.456 e. The SMILES string of the molecule is CC.Cc1coc2c(=O)cc(N(CCS)CCS)oc12. The molecule has 0 bridgehead atoms. The maximum Gasteiger partial charge on any atom is 0.230 e. The highest BCUT2D eigenvalue weighted by Crippen LogP contribution is 2.23. The zero-order chi connectivity index (χ0) is 15.1. The molecule has 4 nitrogen and oxygen atoms in total. The average Bonchev–Trinajstić information content (AvgIpc) is 2.83. The zero-order valence-electron chi connectivity index (χ0n) is 12.0. The minimum absolute atomic E-state index is 0.164. The lowest BCUT2D eigenvalue weighted by Crippen LogP contribution is -2.28. The zero-order valence-corrected chi connectivity index (χ0v) is 13.8. The van der Waals surface area contributed by atoms with Gasteiger partial charge in [-0.1, -0.05) is 13.8 Å². The van der Waals surface area contributed by atoms with Crippen molar-refractivity contribution in [2.75, 3.05) is 29.5 Å². The summed E-state index contributed by atoms with van der Waals surface area (Å²) < 4.78 is 10.9. The van der Waals surface area contributed by atoms with E-state index in [-0.39, 0.29) is 11.0 Å². The third-order valence-corrected chi connectivity index (χ3v) is 3.05. The van der Waals surface area contributed by atoms with Crippen molar-refractivity contribution in [3.8, 4) is 0 Å². The van der Waals surface area contributed by atoms with Gasteiger partial charge in [-0.25, -0.2) is 0 Å². The highest BCUT2D eigenvalue weighted by atomic mass is 32.1. The molecule has 2 aromatic rings. The third kappa shape index (κ3) is 3.76. The van der Waals surface area contributed by atoms with Gasteiger partial charge >= 0.3 is 0 Å². The predicted molar refractivity (Wildman–Crippen MR) is 90.8 cm³/mol. The van der Waals surface area contributed by atoms with E-state index in [2.05, 4.69) is 25.3 Å². The lowest BCUT2D eigenvalue weighted by atomic mass is 10.3. The van der Waals surface area contributed by atoms with Gasteiger partial charge in [-0.2, -0.15) is 25.3 Å². The first kappa shape index (κ1) is 17.0. The van der Waals surface area contributed by atoms with Gasteiger partial charge in [0.2, 0.25) is 11.0 Å². The van der Waals surface area contributed by atoms with Gasteiger partial charge in [-0.15, -0.1) is 0 Å². The van der Waals surface area contributed by atoms with E-state index in [4.69, 9.17) is 8.83 Å². The van der Waals surface area contributed by atoms with Gasteiger partial charge in [-0.05, 0) is 6.92 Å². The summed E-state index contributed by atoms with van der Waals surface area (Å²) in [6.45, 7) is 7.25. The van der Waals surface area contributed by atoms with Crippen LogP contribution in [0.3, 0.4) is 0 Å². The molecule has 112 valence electrons. The van der Waals surface area contributed by atoms with Gasteiger partial charge in [0.15, 0.2) is 11.5 Å². The molecular formula is C14H21NO3S2. The van der Waals surface area contributed by atoms with E-state index in [0.717, 1.165) is 5.56 Å². The maximum absolute atomic E-state index is 11.9. The minimum atomic E-state index is -0.164. The molecule has 2 rings (SSSR count). The number of hydrogen-bond acceptors (Lipinski definition) is 6. The van der Waals surface area contributed by atoms with Crippen LogP contribution >= 0.6 is 25.3 Å². The van der Waals surface area contributed by atoms with E-state index in [9.17, 15) is 4.79 Å². The van der Waals surface area contributed by atoms with Gasteiger partial charge in [0, 0.05) is 30.2 Å². The van der Waals surface area contributed by atoms with E-state index in [1.54, 1.807) is 0 Å². The molecule has 0 fully saturated rings. The number of aryl methyl sites for hydroxylation is 1. The Balaban J connectivity index is 0.000000956. The molecule has 0 aromatic carbocycles. The Morgan fingerprint density at radius 2 is 1.75 bits per heavy atom. The van der Waals surface area contributed by atoms with Crippen molar-refractivity contribution in [1.82, 2.24) is 0 Å². The topological polar surface area (TPSA) is 46.6 Å². The molecule has 6 heteroatoms. The van der Waals surface area contributed by atoms with E-state index in [0.29, 0.717) is 36.1 Å². The molecule has 0 saturated heterocycles. The second kappa shape index (κ2) is 8.32. The summed E-state index contributed by atoms with van der Waals surface area (Å²) in [6, 6.07) is 1.46. The van der Waals surface area contributed by atoms with Crippen LogP contribution in [-0.2, 0) is 0 Å². The molecule has 0 spiro atoms. The minimum Gasteiger partial charge on any atom is -0.456 e. The maximum atomic E-state index is 11.9. The molecule has 0 saturated carbocycles. The summed E-state index contributed by atoms with van der Waals surface area (Å²) in [7, 11) is 0. The Bertz CT molecular complexity index is 586. The Morgan fingerprint density at radius 1 is 1.15 bits per heavy atom. The third-order valence-electron chi connectivity index (χ3n) is 2.65. The standard InChI is InChI=1S/C12H15NO3S2.C2H6/c1-8-7-15-12-9(14)6-10(16-11(8)12)13(2-4-17)3-5-18;1-2/h6-7,17-18H,2-5H2,1H3;1-2H3. The van der Waals surface area contributed by atoms with Crippen molar-refractivity contribution in [3.05, 3.63) is 28.1 Å². The smallest absolute Gasteiger partial charge is 0.230 e. The lowest BCUT2D eigenvalue weighted by molar-refractivity contribution is 0.564. The summed E-state index contributed by atoms with van der Waals surface area (Å²) >= 11 is 8.41. The fourth-order valence-corrected chi connectivity index (χ4v) is 2.25. The van der Waals surface area contributed by atoms with Crippen LogP contribution in [0.1, 0.15) is 19.4 Å². The Morgan fingerprint density at radius 3 is 2.30 bits per heavy atom. The van der Waals surface area contributed by atoms with Gasteiger partial charge in [0.1, 0.15) is 0 Å². The predicted octanol–water partition coefficient (Wildman–Crippen LogP) is 3.39. The number of rotatable bonds is 5. The summed E-state index contributed by atoms with van der Waals surface area (Å²) in [5.41, 5.74) is 1.44. The second-order valence-corrected chi connectivity index (χ2v) is 4.85. The number of thiol groups is 2. The molecule has 0 amide bonds. The normalized spacial score (nSPS) is 10.2. The summed E-state index contributed by atoms with van der Waals surface area (Å²) in [4.78, 5) is 13.9. The summed E-state index contributed by atoms with van der Waals surface area (Å²) in [6.07, 6.45) is 1.53. The molecular weight excluding hydrogens is 294 g/mol. The van der Waals surface area contributed by atoms with Gasteiger partial charge < -0.3 is 13.7 Å². The van der Waals surface area contributed by atoms with Gasteiger partial charge in [-0.3, -0.25) is 4.79 Å². The molecule has 0 radical (unpaired) electrons. The van der Waals surface area contributed by atoms with E-state index >= 15 is 0 Å². The molecule has 0 aliphatic carbocycles. The fraction of sp³-hybridized carbons (Fsp3) is 0.500. The Kier molecular flexibility index (Phi) is 7.09. The van der Waals surface area contributed by atoms with E-state index in [1.165, 1.54) is 12.3 Å². The van der Waals surface area contributed by atoms with Crippen molar-refractivity contribution >= 4 is 42.3 Å². The van der Waals surface area contributed by atoms with Crippen LogP contribution in [-0.4, -0.2) is 24.6 Å². The highest BCUT2D eigenvalue weighted by Gasteiger charge is 2.14. The summed E-state index contributed by atoms with van der Waals surface area (Å²) in [5.74, 6) is 1.90. The number of fused-ring (bicyclic) bond motifs is 1. The van der Waals surface area contributed by atoms with Crippen LogP contribution in [0.15, 0.2) is 26.0 Å². The highest BCUT2D eigenvalue weighted by molar-refractivity contribution is 7.80. The van der Waals surface area contributed by atoms with Gasteiger partial charge in [0.05, 0.1) is 12.3 Å². The van der Waals surface area contributed by atoms with Gasteiger partial charge in [0.25, 0.3) is 0 Å². The molecule has 2 aromatic heterocycles. The number of hydrogen-bond donors (Lipinski definition) is 2. The molecule has 0 unspecified atom stereocenters. The van der Waals surface area contributed by atoms with Crippen molar-refractivity contribution in [2.24, 2.45) is 0 Å². The number of furan rings is 1. The quantitative estimate of drug-likeness (QED) is 0.830. The van der Waals surface area contributed by atoms with E-state index in [1.807, 2.05) is 25.7 Å². The van der Waals surface area contributed by atoms with Crippen LogP contribution in [0.2, 0.25) is 0 Å². The molecule has 20 heavy (non-hydrogen) atoms. The molecule has 0 N–H and O–H groups in total. The van der Waals surface area contributed by atoms with Crippen LogP contribution in [0.25, 0.3) is 11.2 Å². The first-order valence-electron chi connectivity index (χ1n) is 6.66. The monoisotopic (exact) mass is 315 g/mol. The number of anilines is 1. The second-order valence-electron chi connectivity index (χ2n) is 3.96. The first-order valence-corrected chi connectivity index (χ1v) is 7.92. The van der Waals surface area contributed by atoms with Crippen LogP contribution in [0.4, 0.5) is 5.88 Å². The van der Waals surface area contributed by atoms with Crippen molar-refractivity contribution in [1.29, 1.82) is 0 Å². The van der Waals surface area contributed by atoms with Crippen LogP contribution in [0, 0.1) is 6.92 Å². The Hall–Kier alpha value is -1.01. The van der Waals surface area contributed by atoms with E-state index < -0.39 is 0 Å². The van der Waals surface area contributed by atoms with Crippen LogP contribution < -0.4 is 10.3 Å². The Labute approximate surface area is 130 Å². The lowest BCUT2D eigenvalue weighted by Gasteiger charge is -2.21. The van der Waals surface area contributed by atoms with Crippen LogP contribution in [0.5, 0.6) is 0 Å². The first-order chi connectivity index (χ1) is 9.67. The molecule has 2 heterocycles. The van der Waals surface area contributed by atoms with Crippen molar-refractivity contribution < 1.29 is 8.83 Å². The molecule has 0 atom stereocenters. The summed E-state index contributed by atoms with van der Waals surface area (Å²) in [5, 5.41) is 0. The van der Waals surface area contributed by atoms with Crippen molar-refractivity contribution in [3.63, 3.8) is 0 Å².